The SMILES string of the molecule is NNC(c1cc(Br)c(Br)s1)c1sccc1Br. The predicted octanol–water partition coefficient (Wildman–Crippen LogP) is 4.65. The van der Waals surface area contributed by atoms with Gasteiger partial charge in [0.25, 0.3) is 0 Å². The second-order valence-electron chi connectivity index (χ2n) is 3.00. The van der Waals surface area contributed by atoms with Crippen LogP contribution in [0.4, 0.5) is 0 Å². The Labute approximate surface area is 127 Å². The summed E-state index contributed by atoms with van der Waals surface area (Å²) in [6, 6.07) is 4.13. The highest BCUT2D eigenvalue weighted by molar-refractivity contribution is 9.13. The van der Waals surface area contributed by atoms with Crippen LogP contribution in [-0.4, -0.2) is 0 Å². The molecule has 0 aliphatic carbocycles. The van der Waals surface area contributed by atoms with Gasteiger partial charge in [-0.1, -0.05) is 0 Å². The van der Waals surface area contributed by atoms with Gasteiger partial charge in [-0.15, -0.1) is 22.7 Å². The van der Waals surface area contributed by atoms with Gasteiger partial charge >= 0.3 is 0 Å². The second kappa shape index (κ2) is 5.60. The first-order valence-electron chi connectivity index (χ1n) is 4.27. The molecule has 16 heavy (non-hydrogen) atoms. The van der Waals surface area contributed by atoms with Crippen LogP contribution in [0.15, 0.2) is 30.2 Å². The Balaban J connectivity index is 2.40. The maximum Gasteiger partial charge on any atom is 0.0906 e. The number of nitrogens with one attached hydrogen (secondary N) is 1. The summed E-state index contributed by atoms with van der Waals surface area (Å²) in [5, 5.41) is 2.04. The highest BCUT2D eigenvalue weighted by Crippen LogP contribution is 2.40. The van der Waals surface area contributed by atoms with Crippen molar-refractivity contribution in [2.45, 2.75) is 6.04 Å². The quantitative estimate of drug-likeness (QED) is 0.532. The van der Waals surface area contributed by atoms with Gasteiger partial charge in [0.05, 0.1) is 9.83 Å². The fourth-order valence-electron chi connectivity index (χ4n) is 1.30. The van der Waals surface area contributed by atoms with Gasteiger partial charge in [-0.05, 0) is 65.3 Å². The van der Waals surface area contributed by atoms with Gasteiger partial charge < -0.3 is 0 Å². The molecule has 1 atom stereocenters. The zero-order chi connectivity index (χ0) is 11.7. The maximum atomic E-state index is 5.64. The van der Waals surface area contributed by atoms with Gasteiger partial charge in [0.1, 0.15) is 0 Å². The van der Waals surface area contributed by atoms with Crippen LogP contribution >= 0.6 is 70.5 Å². The highest BCUT2D eigenvalue weighted by atomic mass is 79.9. The Kier molecular flexibility index (Phi) is 4.62. The molecule has 2 heterocycles. The van der Waals surface area contributed by atoms with Crippen LogP contribution in [0.3, 0.4) is 0 Å². The third kappa shape index (κ3) is 2.60. The van der Waals surface area contributed by atoms with Crippen LogP contribution in [0, 0.1) is 0 Å². The van der Waals surface area contributed by atoms with E-state index in [1.54, 1.807) is 22.7 Å². The summed E-state index contributed by atoms with van der Waals surface area (Å²) in [6.45, 7) is 0. The third-order valence-corrected chi connectivity index (χ3v) is 7.28. The Bertz CT molecular complexity index is 475. The van der Waals surface area contributed by atoms with Crippen LogP contribution in [0.25, 0.3) is 0 Å². The summed E-state index contributed by atoms with van der Waals surface area (Å²) < 4.78 is 3.22. The van der Waals surface area contributed by atoms with Crippen molar-refractivity contribution < 1.29 is 0 Å². The van der Waals surface area contributed by atoms with E-state index in [9.17, 15) is 0 Å². The first kappa shape index (κ1) is 13.2. The van der Waals surface area contributed by atoms with Gasteiger partial charge in [-0.2, -0.15) is 0 Å². The average Bonchev–Trinajstić information content (AvgIpc) is 2.78. The molecule has 0 spiro atoms. The number of nitrogens with two attached hydrogens (primary N) is 1. The first-order chi connectivity index (χ1) is 7.63. The van der Waals surface area contributed by atoms with E-state index < -0.39 is 0 Å². The second-order valence-corrected chi connectivity index (χ2v) is 8.06. The number of thiophene rings is 2. The molecule has 0 saturated heterocycles. The van der Waals surface area contributed by atoms with Gasteiger partial charge in [-0.3, -0.25) is 5.84 Å². The molecule has 0 fully saturated rings. The summed E-state index contributed by atoms with van der Waals surface area (Å²) in [4.78, 5) is 2.35. The average molecular weight is 447 g/mol. The summed E-state index contributed by atoms with van der Waals surface area (Å²) in [5.74, 6) is 5.64. The molecule has 0 bridgehead atoms. The van der Waals surface area contributed by atoms with Crippen molar-refractivity contribution in [3.05, 3.63) is 40.0 Å². The molecule has 2 rings (SSSR count). The normalized spacial score (nSPS) is 13.0. The molecule has 3 N–H and O–H groups in total. The summed E-state index contributed by atoms with van der Waals surface area (Å²) in [6.07, 6.45) is 0. The molecule has 2 aromatic rings. The topological polar surface area (TPSA) is 38.0 Å². The number of hydrogen-bond donors (Lipinski definition) is 2. The van der Waals surface area contributed by atoms with E-state index in [2.05, 4.69) is 59.3 Å². The number of halogens is 3. The minimum absolute atomic E-state index is 0.0296. The smallest absolute Gasteiger partial charge is 0.0906 e. The van der Waals surface area contributed by atoms with Crippen LogP contribution in [-0.2, 0) is 0 Å². The molecule has 0 saturated carbocycles. The van der Waals surface area contributed by atoms with Crippen LogP contribution in [0.2, 0.25) is 0 Å². The van der Waals surface area contributed by atoms with Gasteiger partial charge in [0.15, 0.2) is 0 Å². The molecule has 86 valence electrons. The highest BCUT2D eigenvalue weighted by Gasteiger charge is 2.19. The predicted molar refractivity (Wildman–Crippen MR) is 80.9 cm³/mol. The van der Waals surface area contributed by atoms with Crippen molar-refractivity contribution >= 4 is 70.5 Å². The Hall–Kier alpha value is 0.760. The molecular formula is C9H7Br3N2S2. The molecular weight excluding hydrogens is 440 g/mol. The lowest BCUT2D eigenvalue weighted by Crippen LogP contribution is -2.27. The summed E-state index contributed by atoms with van der Waals surface area (Å²) in [5.41, 5.74) is 2.85. The summed E-state index contributed by atoms with van der Waals surface area (Å²) >= 11 is 13.8. The lowest BCUT2D eigenvalue weighted by molar-refractivity contribution is 0.654. The Morgan fingerprint density at radius 1 is 1.25 bits per heavy atom. The van der Waals surface area contributed by atoms with Crippen molar-refractivity contribution in [3.63, 3.8) is 0 Å². The van der Waals surface area contributed by atoms with Gasteiger partial charge in [0.2, 0.25) is 0 Å². The third-order valence-electron chi connectivity index (χ3n) is 2.02. The monoisotopic (exact) mass is 444 g/mol. The van der Waals surface area contributed by atoms with Gasteiger partial charge in [0, 0.05) is 18.7 Å². The number of rotatable bonds is 3. The minimum atomic E-state index is 0.0296. The Morgan fingerprint density at radius 2 is 2.00 bits per heavy atom. The summed E-state index contributed by atoms with van der Waals surface area (Å²) in [7, 11) is 0. The van der Waals surface area contributed by atoms with Crippen LogP contribution in [0.1, 0.15) is 15.8 Å². The van der Waals surface area contributed by atoms with Crippen molar-refractivity contribution in [1.82, 2.24) is 5.43 Å². The van der Waals surface area contributed by atoms with E-state index in [0.717, 1.165) is 12.7 Å². The van der Waals surface area contributed by atoms with E-state index in [-0.39, 0.29) is 6.04 Å². The molecule has 2 aromatic heterocycles. The van der Waals surface area contributed by atoms with E-state index >= 15 is 0 Å². The largest absolute Gasteiger partial charge is 0.271 e. The van der Waals surface area contributed by atoms with Crippen LogP contribution in [0.5, 0.6) is 0 Å². The van der Waals surface area contributed by atoms with Crippen molar-refractivity contribution in [2.75, 3.05) is 0 Å². The first-order valence-corrected chi connectivity index (χ1v) is 8.34. The number of hydrogen-bond acceptors (Lipinski definition) is 4. The fourth-order valence-corrected chi connectivity index (χ4v) is 5.22. The van der Waals surface area contributed by atoms with Crippen molar-refractivity contribution in [1.29, 1.82) is 0 Å². The standard InChI is InChI=1S/C9H7Br3N2S2/c10-4-1-2-15-8(4)7(14-13)6-3-5(11)9(12)16-6/h1-3,7,14H,13H2. The molecule has 1 unspecified atom stereocenters. The minimum Gasteiger partial charge on any atom is -0.271 e. The molecule has 0 radical (unpaired) electrons. The lowest BCUT2D eigenvalue weighted by atomic mass is 10.2. The van der Waals surface area contributed by atoms with Gasteiger partial charge in [-0.25, -0.2) is 5.43 Å². The van der Waals surface area contributed by atoms with E-state index in [1.165, 1.54) is 9.75 Å². The van der Waals surface area contributed by atoms with Crippen molar-refractivity contribution in [3.8, 4) is 0 Å². The molecule has 0 aromatic carbocycles. The molecule has 7 heteroatoms. The Morgan fingerprint density at radius 3 is 2.44 bits per heavy atom. The van der Waals surface area contributed by atoms with E-state index in [4.69, 9.17) is 5.84 Å². The maximum absolute atomic E-state index is 5.64. The van der Waals surface area contributed by atoms with E-state index in [1.807, 2.05) is 11.4 Å². The molecule has 0 amide bonds. The van der Waals surface area contributed by atoms with Crippen LogP contribution < -0.4 is 11.3 Å². The lowest BCUT2D eigenvalue weighted by Gasteiger charge is -2.12. The zero-order valence-corrected chi connectivity index (χ0v) is 14.2. The zero-order valence-electron chi connectivity index (χ0n) is 7.84. The molecule has 0 aliphatic heterocycles. The molecule has 2 nitrogen and oxygen atoms in total. The fraction of sp³-hybridized carbons (Fsp3) is 0.111. The molecule has 0 aliphatic rings. The number of hydrazine groups is 1. The van der Waals surface area contributed by atoms with E-state index in [0.29, 0.717) is 0 Å². The van der Waals surface area contributed by atoms with Crippen molar-refractivity contribution in [2.24, 2.45) is 5.84 Å².